The lowest BCUT2D eigenvalue weighted by Crippen LogP contribution is -2.11. The third kappa shape index (κ3) is 2.50. The molecule has 104 valence electrons. The molecule has 1 aliphatic heterocycles. The van der Waals surface area contributed by atoms with Crippen LogP contribution < -0.4 is 20.5 Å². The van der Waals surface area contributed by atoms with E-state index >= 15 is 0 Å². The number of hydrogen-bond acceptors (Lipinski definition) is 5. The summed E-state index contributed by atoms with van der Waals surface area (Å²) in [5, 5.41) is 2.77. The van der Waals surface area contributed by atoms with Gasteiger partial charge in [-0.25, -0.2) is 0 Å². The van der Waals surface area contributed by atoms with Crippen LogP contribution in [0.1, 0.15) is 9.67 Å². The van der Waals surface area contributed by atoms with Crippen LogP contribution in [0.2, 0.25) is 0 Å². The number of benzene rings is 1. The Morgan fingerprint density at radius 2 is 1.95 bits per heavy atom. The lowest BCUT2D eigenvalue weighted by Gasteiger charge is -2.08. The van der Waals surface area contributed by atoms with E-state index in [2.05, 4.69) is 37.2 Å². The van der Waals surface area contributed by atoms with E-state index < -0.39 is 0 Å². The smallest absolute Gasteiger partial charge is 0.265 e. The summed E-state index contributed by atoms with van der Waals surface area (Å²) in [5.74, 6) is 0.928. The third-order valence-corrected chi connectivity index (χ3v) is 5.92. The largest absolute Gasteiger partial charge is 0.454 e. The van der Waals surface area contributed by atoms with Crippen LogP contribution in [-0.4, -0.2) is 12.7 Å². The Morgan fingerprint density at radius 3 is 2.60 bits per heavy atom. The third-order valence-electron chi connectivity index (χ3n) is 2.66. The van der Waals surface area contributed by atoms with E-state index in [1.807, 2.05) is 0 Å². The van der Waals surface area contributed by atoms with Crippen LogP contribution in [0.25, 0.3) is 0 Å². The Bertz CT molecular complexity index is 683. The molecule has 3 rings (SSSR count). The molecule has 3 N–H and O–H groups in total. The maximum Gasteiger partial charge on any atom is 0.265 e. The van der Waals surface area contributed by atoms with Crippen LogP contribution in [0, 0.1) is 0 Å². The minimum absolute atomic E-state index is 0.164. The average molecular weight is 420 g/mol. The second-order valence-electron chi connectivity index (χ2n) is 3.98. The minimum atomic E-state index is -0.230. The van der Waals surface area contributed by atoms with Crippen molar-refractivity contribution in [3.63, 3.8) is 0 Å². The van der Waals surface area contributed by atoms with Crippen molar-refractivity contribution in [1.82, 2.24) is 0 Å². The van der Waals surface area contributed by atoms with Crippen molar-refractivity contribution in [1.29, 1.82) is 0 Å². The molecule has 1 amide bonds. The topological polar surface area (TPSA) is 73.6 Å². The van der Waals surface area contributed by atoms with Crippen molar-refractivity contribution in [3.05, 3.63) is 31.3 Å². The van der Waals surface area contributed by atoms with Crippen molar-refractivity contribution >= 4 is 60.5 Å². The number of nitrogen functional groups attached to an aromatic ring is 1. The van der Waals surface area contributed by atoms with Gasteiger partial charge in [-0.3, -0.25) is 4.79 Å². The molecular weight excluding hydrogens is 412 g/mol. The molecule has 0 saturated heterocycles. The minimum Gasteiger partial charge on any atom is -0.454 e. The number of anilines is 2. The van der Waals surface area contributed by atoms with Crippen molar-refractivity contribution in [2.75, 3.05) is 17.8 Å². The first-order valence-corrected chi connectivity index (χ1v) is 7.90. The van der Waals surface area contributed by atoms with Crippen LogP contribution >= 0.6 is 43.2 Å². The normalized spacial score (nSPS) is 12.5. The molecule has 0 unspecified atom stereocenters. The highest BCUT2D eigenvalue weighted by molar-refractivity contribution is 9.13. The molecule has 5 nitrogen and oxygen atoms in total. The molecule has 20 heavy (non-hydrogen) atoms. The molecule has 0 bridgehead atoms. The number of carbonyl (C=O) groups is 1. The molecule has 0 radical (unpaired) electrons. The summed E-state index contributed by atoms with van der Waals surface area (Å²) in [6.07, 6.45) is 0. The van der Waals surface area contributed by atoms with Gasteiger partial charge >= 0.3 is 0 Å². The van der Waals surface area contributed by atoms with Gasteiger partial charge in [0.15, 0.2) is 11.5 Å². The van der Waals surface area contributed by atoms with E-state index in [9.17, 15) is 4.79 Å². The molecule has 0 fully saturated rings. The second-order valence-corrected chi connectivity index (χ2v) is 7.20. The lowest BCUT2D eigenvalue weighted by molar-refractivity contribution is 0.103. The number of carbonyl (C=O) groups excluding carboxylic acids is 1. The summed E-state index contributed by atoms with van der Waals surface area (Å²) >= 11 is 8.04. The zero-order chi connectivity index (χ0) is 14.3. The van der Waals surface area contributed by atoms with Crippen molar-refractivity contribution < 1.29 is 14.3 Å². The number of rotatable bonds is 2. The molecule has 1 aromatic carbocycles. The van der Waals surface area contributed by atoms with Crippen LogP contribution in [0.3, 0.4) is 0 Å². The van der Waals surface area contributed by atoms with Crippen LogP contribution in [0.4, 0.5) is 11.4 Å². The Labute approximate surface area is 135 Å². The van der Waals surface area contributed by atoms with E-state index in [1.165, 1.54) is 11.3 Å². The highest BCUT2D eigenvalue weighted by atomic mass is 79.9. The molecular formula is C12H8Br2N2O3S. The van der Waals surface area contributed by atoms with E-state index in [0.29, 0.717) is 27.8 Å². The number of hydrogen-bond donors (Lipinski definition) is 2. The fourth-order valence-corrected chi connectivity index (χ4v) is 3.64. The van der Waals surface area contributed by atoms with Crippen molar-refractivity contribution in [2.24, 2.45) is 0 Å². The van der Waals surface area contributed by atoms with E-state index in [-0.39, 0.29) is 12.7 Å². The van der Waals surface area contributed by atoms with Crippen molar-refractivity contribution in [3.8, 4) is 11.5 Å². The number of ether oxygens (including phenoxy) is 2. The van der Waals surface area contributed by atoms with Gasteiger partial charge in [-0.1, -0.05) is 0 Å². The fraction of sp³-hybridized carbons (Fsp3) is 0.0833. The van der Waals surface area contributed by atoms with E-state index in [0.717, 1.165) is 8.26 Å². The molecule has 0 spiro atoms. The molecule has 2 aromatic rings. The van der Waals surface area contributed by atoms with E-state index in [4.69, 9.17) is 15.2 Å². The highest BCUT2D eigenvalue weighted by Crippen LogP contribution is 2.39. The van der Waals surface area contributed by atoms with Gasteiger partial charge in [-0.2, -0.15) is 0 Å². The molecule has 0 saturated carbocycles. The van der Waals surface area contributed by atoms with Gasteiger partial charge in [-0.15, -0.1) is 11.3 Å². The van der Waals surface area contributed by atoms with Crippen LogP contribution in [0.5, 0.6) is 11.5 Å². The molecule has 1 aliphatic rings. The Morgan fingerprint density at radius 1 is 1.25 bits per heavy atom. The maximum absolute atomic E-state index is 12.2. The molecule has 2 heterocycles. The zero-order valence-electron chi connectivity index (χ0n) is 9.91. The number of nitrogens with one attached hydrogen (secondary N) is 1. The molecule has 0 atom stereocenters. The number of amides is 1. The Balaban J connectivity index is 1.86. The van der Waals surface area contributed by atoms with Gasteiger partial charge in [-0.05, 0) is 37.9 Å². The van der Waals surface area contributed by atoms with Gasteiger partial charge in [0.2, 0.25) is 6.79 Å². The quantitative estimate of drug-likeness (QED) is 0.725. The number of nitrogens with two attached hydrogens (primary N) is 1. The Hall–Kier alpha value is -1.25. The van der Waals surface area contributed by atoms with Crippen LogP contribution in [0.15, 0.2) is 26.5 Å². The lowest BCUT2D eigenvalue weighted by atomic mass is 10.2. The number of thiophene rings is 1. The van der Waals surface area contributed by atoms with Gasteiger partial charge in [0, 0.05) is 16.6 Å². The van der Waals surface area contributed by atoms with Gasteiger partial charge in [0.1, 0.15) is 0 Å². The summed E-state index contributed by atoms with van der Waals surface area (Å²) in [6, 6.07) is 5.04. The highest BCUT2D eigenvalue weighted by Gasteiger charge is 2.18. The number of halogens is 2. The summed E-state index contributed by atoms with van der Waals surface area (Å²) < 4.78 is 12.2. The first-order chi connectivity index (χ1) is 9.54. The predicted molar refractivity (Wildman–Crippen MR) is 84.6 cm³/mol. The first kappa shape index (κ1) is 13.7. The Kier molecular flexibility index (Phi) is 3.61. The second kappa shape index (κ2) is 5.27. The fourth-order valence-electron chi connectivity index (χ4n) is 1.71. The summed E-state index contributed by atoms with van der Waals surface area (Å²) in [6.45, 7) is 0.164. The van der Waals surface area contributed by atoms with Crippen molar-refractivity contribution in [2.45, 2.75) is 0 Å². The average Bonchev–Trinajstić information content (AvgIpc) is 2.97. The summed E-state index contributed by atoms with van der Waals surface area (Å²) in [4.78, 5) is 12.7. The zero-order valence-corrected chi connectivity index (χ0v) is 13.9. The van der Waals surface area contributed by atoms with E-state index in [1.54, 1.807) is 18.2 Å². The number of fused-ring (bicyclic) bond motifs is 1. The summed E-state index contributed by atoms with van der Waals surface area (Å²) in [5.41, 5.74) is 6.82. The summed E-state index contributed by atoms with van der Waals surface area (Å²) in [7, 11) is 0. The molecule has 8 heteroatoms. The predicted octanol–water partition coefficient (Wildman–Crippen LogP) is 3.84. The standard InChI is InChI=1S/C12H8Br2N2O3S/c13-5-1-10(20-11(5)14)12(17)16-7-3-9-8(2-6(7)15)18-4-19-9/h1-3H,4,15H2,(H,16,17). The van der Waals surface area contributed by atoms with Crippen LogP contribution in [-0.2, 0) is 0 Å². The molecule has 1 aromatic heterocycles. The first-order valence-electron chi connectivity index (χ1n) is 5.50. The molecule has 0 aliphatic carbocycles. The van der Waals surface area contributed by atoms with Gasteiger partial charge in [0.05, 0.1) is 20.0 Å². The van der Waals surface area contributed by atoms with Gasteiger partial charge < -0.3 is 20.5 Å². The maximum atomic E-state index is 12.2. The SMILES string of the molecule is Nc1cc2c(cc1NC(=O)c1cc(Br)c(Br)s1)OCO2. The van der Waals surface area contributed by atoms with Gasteiger partial charge in [0.25, 0.3) is 5.91 Å². The monoisotopic (exact) mass is 418 g/mol.